The monoisotopic (exact) mass is 433 g/mol. The van der Waals surface area contributed by atoms with Crippen molar-refractivity contribution in [2.24, 2.45) is 0 Å². The van der Waals surface area contributed by atoms with E-state index in [2.05, 4.69) is 48.5 Å². The van der Waals surface area contributed by atoms with E-state index in [1.54, 1.807) is 12.1 Å². The van der Waals surface area contributed by atoms with E-state index in [4.69, 9.17) is 0 Å². The van der Waals surface area contributed by atoms with Crippen LogP contribution < -0.4 is 0 Å². The van der Waals surface area contributed by atoms with Crippen molar-refractivity contribution in [3.8, 4) is 11.1 Å². The van der Waals surface area contributed by atoms with Crippen LogP contribution in [0.2, 0.25) is 0 Å². The summed E-state index contributed by atoms with van der Waals surface area (Å²) < 4.78 is 0. The predicted octanol–water partition coefficient (Wildman–Crippen LogP) is 7.96. The Morgan fingerprint density at radius 2 is 1.33 bits per heavy atom. The van der Waals surface area contributed by atoms with Gasteiger partial charge in [-0.2, -0.15) is 0 Å². The lowest BCUT2D eigenvalue weighted by atomic mass is 9.80. The molecule has 0 saturated heterocycles. The van der Waals surface area contributed by atoms with Gasteiger partial charge in [0, 0.05) is 18.1 Å². The van der Waals surface area contributed by atoms with Crippen LogP contribution in [-0.4, -0.2) is 4.92 Å². The molecule has 1 unspecified atom stereocenters. The quantitative estimate of drug-likeness (QED) is 0.209. The van der Waals surface area contributed by atoms with Crippen molar-refractivity contribution in [1.82, 2.24) is 0 Å². The van der Waals surface area contributed by atoms with Gasteiger partial charge in [-0.25, -0.2) is 0 Å². The molecule has 3 heteroatoms. The molecule has 4 aromatic rings. The van der Waals surface area contributed by atoms with Crippen molar-refractivity contribution in [1.29, 1.82) is 0 Å². The molecule has 3 nitrogen and oxygen atoms in total. The second-order valence-electron chi connectivity index (χ2n) is 9.43. The number of fused-ring (bicyclic) bond motifs is 8. The zero-order valence-corrected chi connectivity index (χ0v) is 18.7. The largest absolute Gasteiger partial charge is 0.269 e. The van der Waals surface area contributed by atoms with E-state index in [9.17, 15) is 10.1 Å². The van der Waals surface area contributed by atoms with Crippen LogP contribution in [0.5, 0.6) is 0 Å². The molecule has 4 aromatic carbocycles. The summed E-state index contributed by atoms with van der Waals surface area (Å²) in [4.78, 5) is 11.0. The highest BCUT2D eigenvalue weighted by Gasteiger charge is 2.35. The number of nitro groups is 1. The molecule has 0 N–H and O–H groups in total. The number of nitrogens with zero attached hydrogens (tertiary/aromatic N) is 1. The number of hydrogen-bond acceptors (Lipinski definition) is 2. The van der Waals surface area contributed by atoms with Crippen molar-refractivity contribution in [2.75, 3.05) is 0 Å². The Hall–Kier alpha value is -3.46. The third-order valence-electron chi connectivity index (χ3n) is 7.60. The molecule has 0 aromatic heterocycles. The number of aryl methyl sites for hydroxylation is 1. The molecule has 1 atom stereocenters. The van der Waals surface area contributed by atoms with Gasteiger partial charge in [-0.1, -0.05) is 79.9 Å². The predicted molar refractivity (Wildman–Crippen MR) is 134 cm³/mol. The van der Waals surface area contributed by atoms with E-state index in [0.29, 0.717) is 0 Å². The lowest BCUT2D eigenvalue weighted by Crippen LogP contribution is -2.07. The Morgan fingerprint density at radius 3 is 2.09 bits per heavy atom. The molecule has 0 radical (unpaired) electrons. The van der Waals surface area contributed by atoms with E-state index < -0.39 is 0 Å². The smallest absolute Gasteiger partial charge is 0.258 e. The maximum Gasteiger partial charge on any atom is 0.269 e. The standard InChI is InChI=1S/C30H27NO2/c32-31(33)21-18-16-20(17-19-21)28-26-14-8-9-15-27(26)29-24-13-7-6-11-22(24)23-10-4-2-1-3-5-12-25(23)30(28)29/h6-9,11,13-19,28H,1-5,10,12H2. The highest BCUT2D eigenvalue weighted by atomic mass is 16.6. The van der Waals surface area contributed by atoms with Crippen molar-refractivity contribution >= 4 is 16.5 Å². The minimum atomic E-state index is -0.313. The molecule has 164 valence electrons. The molecule has 0 amide bonds. The minimum Gasteiger partial charge on any atom is -0.258 e. The van der Waals surface area contributed by atoms with Crippen LogP contribution in [0.3, 0.4) is 0 Å². The van der Waals surface area contributed by atoms with Crippen molar-refractivity contribution in [3.05, 3.63) is 111 Å². The fourth-order valence-corrected chi connectivity index (χ4v) is 6.17. The second-order valence-corrected chi connectivity index (χ2v) is 9.43. The zero-order valence-electron chi connectivity index (χ0n) is 18.7. The van der Waals surface area contributed by atoms with Crippen LogP contribution in [0.1, 0.15) is 65.8 Å². The molecule has 0 heterocycles. The lowest BCUT2D eigenvalue weighted by molar-refractivity contribution is -0.384. The minimum absolute atomic E-state index is 0.121. The van der Waals surface area contributed by atoms with Gasteiger partial charge in [0.25, 0.3) is 5.69 Å². The fraction of sp³-hybridized carbons (Fsp3) is 0.267. The number of non-ortho nitro benzene ring substituents is 1. The summed E-state index contributed by atoms with van der Waals surface area (Å²) >= 11 is 0. The molecular weight excluding hydrogens is 406 g/mol. The number of nitro benzene ring substituents is 1. The van der Waals surface area contributed by atoms with Gasteiger partial charge in [0.05, 0.1) is 4.92 Å². The summed E-state index contributed by atoms with van der Waals surface area (Å²) in [6.07, 6.45) is 8.62. The number of rotatable bonds is 2. The van der Waals surface area contributed by atoms with Crippen molar-refractivity contribution in [2.45, 2.75) is 50.9 Å². The van der Waals surface area contributed by atoms with Crippen LogP contribution in [0.15, 0.2) is 72.8 Å². The fourth-order valence-electron chi connectivity index (χ4n) is 6.17. The van der Waals surface area contributed by atoms with Gasteiger partial charge in [-0.15, -0.1) is 0 Å². The van der Waals surface area contributed by atoms with Crippen molar-refractivity contribution in [3.63, 3.8) is 0 Å². The molecule has 2 aliphatic carbocycles. The van der Waals surface area contributed by atoms with Gasteiger partial charge in [-0.3, -0.25) is 10.1 Å². The summed E-state index contributed by atoms with van der Waals surface area (Å²) in [5, 5.41) is 14.0. The summed E-state index contributed by atoms with van der Waals surface area (Å²) in [6, 6.07) is 24.9. The average Bonchev–Trinajstić information content (AvgIpc) is 3.24. The number of benzene rings is 4. The molecule has 0 aliphatic heterocycles. The van der Waals surface area contributed by atoms with E-state index in [1.165, 1.54) is 76.3 Å². The molecule has 0 saturated carbocycles. The average molecular weight is 434 g/mol. The lowest BCUT2D eigenvalue weighted by Gasteiger charge is -2.23. The van der Waals surface area contributed by atoms with Gasteiger partial charge in [-0.05, 0) is 75.4 Å². The SMILES string of the molecule is O=[N+]([O-])c1ccc(C2c3ccccc3-c3c2c2c(c4ccccc34)CCCCCCC2)cc1. The third-order valence-corrected chi connectivity index (χ3v) is 7.60. The third kappa shape index (κ3) is 3.26. The summed E-state index contributed by atoms with van der Waals surface area (Å²) in [5.74, 6) is 0.121. The molecule has 0 fully saturated rings. The maximum atomic E-state index is 11.3. The Labute approximate surface area is 194 Å². The molecule has 6 rings (SSSR count). The van der Waals surface area contributed by atoms with Crippen LogP contribution >= 0.6 is 0 Å². The van der Waals surface area contributed by atoms with Crippen molar-refractivity contribution < 1.29 is 4.92 Å². The van der Waals surface area contributed by atoms with Crippen LogP contribution in [0.25, 0.3) is 21.9 Å². The van der Waals surface area contributed by atoms with Gasteiger partial charge in [0.1, 0.15) is 0 Å². The highest BCUT2D eigenvalue weighted by molar-refractivity contribution is 6.05. The Morgan fingerprint density at radius 1 is 0.697 bits per heavy atom. The Kier molecular flexibility index (Phi) is 4.98. The van der Waals surface area contributed by atoms with Gasteiger partial charge in [0.2, 0.25) is 0 Å². The first-order valence-electron chi connectivity index (χ1n) is 12.1. The Balaban J connectivity index is 1.68. The molecule has 0 spiro atoms. The van der Waals surface area contributed by atoms with Gasteiger partial charge < -0.3 is 0 Å². The number of hydrogen-bond donors (Lipinski definition) is 0. The summed E-state index contributed by atoms with van der Waals surface area (Å²) in [6.45, 7) is 0. The van der Waals surface area contributed by atoms with Gasteiger partial charge >= 0.3 is 0 Å². The first kappa shape index (κ1) is 20.2. The molecule has 2 aliphatic rings. The first-order chi connectivity index (χ1) is 16.2. The summed E-state index contributed by atoms with van der Waals surface area (Å²) in [7, 11) is 0. The van der Waals surface area contributed by atoms with Crippen LogP contribution in [-0.2, 0) is 12.8 Å². The van der Waals surface area contributed by atoms with E-state index in [-0.39, 0.29) is 16.5 Å². The van der Waals surface area contributed by atoms with Gasteiger partial charge in [0.15, 0.2) is 0 Å². The topological polar surface area (TPSA) is 43.1 Å². The zero-order chi connectivity index (χ0) is 22.4. The Bertz CT molecular complexity index is 1370. The molecule has 0 bridgehead atoms. The van der Waals surface area contributed by atoms with E-state index in [0.717, 1.165) is 18.4 Å². The first-order valence-corrected chi connectivity index (χ1v) is 12.1. The normalized spacial score (nSPS) is 17.4. The van der Waals surface area contributed by atoms with E-state index >= 15 is 0 Å². The second kappa shape index (κ2) is 8.15. The van der Waals surface area contributed by atoms with Crippen LogP contribution in [0.4, 0.5) is 5.69 Å². The molecule has 33 heavy (non-hydrogen) atoms. The van der Waals surface area contributed by atoms with E-state index in [1.807, 2.05) is 12.1 Å². The van der Waals surface area contributed by atoms with Crippen LogP contribution in [0, 0.1) is 10.1 Å². The highest BCUT2D eigenvalue weighted by Crippen LogP contribution is 2.53. The maximum absolute atomic E-state index is 11.3. The molecular formula is C30H27NO2. The summed E-state index contributed by atoms with van der Waals surface area (Å²) in [5.41, 5.74) is 9.81.